The normalized spacial score (nSPS) is 18.1. The van der Waals surface area contributed by atoms with Crippen LogP contribution < -0.4 is 9.80 Å². The number of fused-ring (bicyclic) bond motifs is 1. The first-order chi connectivity index (χ1) is 15.1. The molecule has 162 valence electrons. The van der Waals surface area contributed by atoms with Crippen molar-refractivity contribution in [2.45, 2.75) is 26.7 Å². The molecule has 3 aromatic rings. The van der Waals surface area contributed by atoms with Gasteiger partial charge in [-0.05, 0) is 56.0 Å². The van der Waals surface area contributed by atoms with Crippen molar-refractivity contribution in [3.8, 4) is 0 Å². The number of hydrogen-bond acceptors (Lipinski definition) is 4. The average Bonchev–Trinajstić information content (AvgIpc) is 3.25. The first-order valence-electron chi connectivity index (χ1n) is 11.4. The van der Waals surface area contributed by atoms with Gasteiger partial charge < -0.3 is 19.7 Å². The number of aryl methyl sites for hydroxylation is 1. The Bertz CT molecular complexity index is 1040. The van der Waals surface area contributed by atoms with Gasteiger partial charge in [0.2, 0.25) is 11.9 Å². The predicted octanol–water partition coefficient (Wildman–Crippen LogP) is 3.74. The van der Waals surface area contributed by atoms with Crippen LogP contribution in [0.4, 0.5) is 11.6 Å². The summed E-state index contributed by atoms with van der Waals surface area (Å²) < 4.78 is 0. The number of aromatic amines is 1. The molecule has 0 atom stereocenters. The molecule has 3 heterocycles. The SMILES string of the molecule is Cc1cccc(N2CCN(C(=O)C3CCN(c4nc5ccccc5[nH]4)CC3)CC2)c1C. The number of anilines is 2. The fourth-order valence-corrected chi connectivity index (χ4v) is 4.93. The van der Waals surface area contributed by atoms with E-state index in [4.69, 9.17) is 4.98 Å². The zero-order valence-corrected chi connectivity index (χ0v) is 18.5. The maximum Gasteiger partial charge on any atom is 0.225 e. The van der Waals surface area contributed by atoms with Crippen LogP contribution in [-0.2, 0) is 4.79 Å². The van der Waals surface area contributed by atoms with E-state index in [2.05, 4.69) is 57.8 Å². The summed E-state index contributed by atoms with van der Waals surface area (Å²) in [5, 5.41) is 0. The van der Waals surface area contributed by atoms with Gasteiger partial charge in [0, 0.05) is 50.9 Å². The highest BCUT2D eigenvalue weighted by molar-refractivity contribution is 5.80. The first-order valence-corrected chi connectivity index (χ1v) is 11.4. The van der Waals surface area contributed by atoms with Crippen LogP contribution in [-0.4, -0.2) is 60.0 Å². The minimum atomic E-state index is 0.132. The minimum Gasteiger partial charge on any atom is -0.368 e. The van der Waals surface area contributed by atoms with E-state index in [0.717, 1.165) is 69.1 Å². The molecule has 2 fully saturated rings. The lowest BCUT2D eigenvalue weighted by atomic mass is 9.95. The van der Waals surface area contributed by atoms with Gasteiger partial charge in [-0.25, -0.2) is 4.98 Å². The third-order valence-corrected chi connectivity index (χ3v) is 7.03. The quantitative estimate of drug-likeness (QED) is 0.705. The van der Waals surface area contributed by atoms with Gasteiger partial charge in [-0.2, -0.15) is 0 Å². The number of piperazine rings is 1. The molecule has 6 nitrogen and oxygen atoms in total. The smallest absolute Gasteiger partial charge is 0.225 e. The molecular weight excluding hydrogens is 386 g/mol. The number of carbonyl (C=O) groups is 1. The predicted molar refractivity (Wildman–Crippen MR) is 126 cm³/mol. The molecule has 0 radical (unpaired) electrons. The zero-order valence-electron chi connectivity index (χ0n) is 18.5. The molecule has 1 aromatic heterocycles. The molecule has 0 saturated carbocycles. The lowest BCUT2D eigenvalue weighted by Gasteiger charge is -2.39. The van der Waals surface area contributed by atoms with Crippen LogP contribution in [0.5, 0.6) is 0 Å². The van der Waals surface area contributed by atoms with Crippen LogP contribution in [0.2, 0.25) is 0 Å². The molecule has 1 N–H and O–H groups in total. The number of para-hydroxylation sites is 2. The molecule has 2 saturated heterocycles. The van der Waals surface area contributed by atoms with Crippen LogP contribution in [0, 0.1) is 19.8 Å². The van der Waals surface area contributed by atoms with Crippen LogP contribution in [0.25, 0.3) is 11.0 Å². The number of nitrogens with one attached hydrogen (secondary N) is 1. The highest BCUT2D eigenvalue weighted by atomic mass is 16.2. The van der Waals surface area contributed by atoms with E-state index >= 15 is 0 Å². The van der Waals surface area contributed by atoms with Crippen molar-refractivity contribution in [3.05, 3.63) is 53.6 Å². The van der Waals surface area contributed by atoms with Crippen molar-refractivity contribution in [2.75, 3.05) is 49.1 Å². The number of aromatic nitrogens is 2. The lowest BCUT2D eigenvalue weighted by molar-refractivity contribution is -0.136. The van der Waals surface area contributed by atoms with Crippen molar-refractivity contribution in [3.63, 3.8) is 0 Å². The largest absolute Gasteiger partial charge is 0.368 e. The third-order valence-electron chi connectivity index (χ3n) is 7.03. The summed E-state index contributed by atoms with van der Waals surface area (Å²) >= 11 is 0. The molecule has 0 spiro atoms. The topological polar surface area (TPSA) is 55.5 Å². The average molecular weight is 418 g/mol. The van der Waals surface area contributed by atoms with Crippen molar-refractivity contribution < 1.29 is 4.79 Å². The first kappa shape index (κ1) is 19.9. The van der Waals surface area contributed by atoms with E-state index in [9.17, 15) is 4.79 Å². The van der Waals surface area contributed by atoms with E-state index in [0.29, 0.717) is 5.91 Å². The van der Waals surface area contributed by atoms with Crippen molar-refractivity contribution in [2.24, 2.45) is 5.92 Å². The van der Waals surface area contributed by atoms with E-state index in [1.807, 2.05) is 18.2 Å². The Balaban J connectivity index is 1.16. The number of H-pyrrole nitrogens is 1. The van der Waals surface area contributed by atoms with Crippen LogP contribution in [0.15, 0.2) is 42.5 Å². The number of benzene rings is 2. The number of nitrogens with zero attached hydrogens (tertiary/aromatic N) is 4. The van der Waals surface area contributed by atoms with Gasteiger partial charge >= 0.3 is 0 Å². The van der Waals surface area contributed by atoms with Gasteiger partial charge in [-0.15, -0.1) is 0 Å². The van der Waals surface area contributed by atoms with Gasteiger partial charge in [0.25, 0.3) is 0 Å². The molecule has 1 amide bonds. The number of amides is 1. The number of piperidine rings is 1. The van der Waals surface area contributed by atoms with E-state index in [1.54, 1.807) is 0 Å². The van der Waals surface area contributed by atoms with Crippen molar-refractivity contribution in [1.82, 2.24) is 14.9 Å². The monoisotopic (exact) mass is 417 g/mol. The molecule has 6 heteroatoms. The Hall–Kier alpha value is -3.02. The van der Waals surface area contributed by atoms with Crippen molar-refractivity contribution in [1.29, 1.82) is 0 Å². The molecule has 5 rings (SSSR count). The van der Waals surface area contributed by atoms with Crippen LogP contribution >= 0.6 is 0 Å². The van der Waals surface area contributed by atoms with Gasteiger partial charge in [0.05, 0.1) is 11.0 Å². The zero-order chi connectivity index (χ0) is 21.4. The standard InChI is InChI=1S/C25H31N5O/c1-18-6-5-9-23(19(18)2)28-14-16-29(17-15-28)24(31)20-10-12-30(13-11-20)25-26-21-7-3-4-8-22(21)27-25/h3-9,20H,10-17H2,1-2H3,(H,26,27). The Morgan fingerprint density at radius 3 is 2.39 bits per heavy atom. The highest BCUT2D eigenvalue weighted by Crippen LogP contribution is 2.27. The van der Waals surface area contributed by atoms with E-state index < -0.39 is 0 Å². The van der Waals surface area contributed by atoms with E-state index in [1.165, 1.54) is 16.8 Å². The van der Waals surface area contributed by atoms with Gasteiger partial charge in [-0.3, -0.25) is 4.79 Å². The highest BCUT2D eigenvalue weighted by Gasteiger charge is 2.31. The number of rotatable bonds is 3. The Labute approximate surface area is 183 Å². The molecule has 2 aliphatic rings. The molecule has 2 aromatic carbocycles. The molecule has 0 aliphatic carbocycles. The second-order valence-corrected chi connectivity index (χ2v) is 8.87. The maximum absolute atomic E-state index is 13.2. The van der Waals surface area contributed by atoms with Crippen LogP contribution in [0.3, 0.4) is 0 Å². The fraction of sp³-hybridized carbons (Fsp3) is 0.440. The summed E-state index contributed by atoms with van der Waals surface area (Å²) in [5.74, 6) is 1.40. The summed E-state index contributed by atoms with van der Waals surface area (Å²) in [7, 11) is 0. The molecule has 0 unspecified atom stereocenters. The summed E-state index contributed by atoms with van der Waals surface area (Å²) in [5.41, 5.74) is 6.05. The van der Waals surface area contributed by atoms with Gasteiger partial charge in [0.1, 0.15) is 0 Å². The number of carbonyl (C=O) groups excluding carboxylic acids is 1. The second kappa shape index (κ2) is 8.25. The lowest BCUT2D eigenvalue weighted by Crippen LogP contribution is -2.52. The minimum absolute atomic E-state index is 0.132. The number of hydrogen-bond donors (Lipinski definition) is 1. The Morgan fingerprint density at radius 1 is 0.903 bits per heavy atom. The Kier molecular flexibility index (Phi) is 5.30. The van der Waals surface area contributed by atoms with Gasteiger partial charge in [0.15, 0.2) is 0 Å². The fourth-order valence-electron chi connectivity index (χ4n) is 4.93. The molecular formula is C25H31N5O. The summed E-state index contributed by atoms with van der Waals surface area (Å²) in [6.07, 6.45) is 1.79. The second-order valence-electron chi connectivity index (χ2n) is 8.87. The summed E-state index contributed by atoms with van der Waals surface area (Å²) in [6.45, 7) is 9.55. The van der Waals surface area contributed by atoms with Crippen molar-refractivity contribution >= 4 is 28.6 Å². The summed E-state index contributed by atoms with van der Waals surface area (Å²) in [4.78, 5) is 28.1. The number of imidazole rings is 1. The molecule has 2 aliphatic heterocycles. The molecule has 31 heavy (non-hydrogen) atoms. The Morgan fingerprint density at radius 2 is 1.65 bits per heavy atom. The van der Waals surface area contributed by atoms with E-state index in [-0.39, 0.29) is 5.92 Å². The van der Waals surface area contributed by atoms with Gasteiger partial charge in [-0.1, -0.05) is 24.3 Å². The molecule has 0 bridgehead atoms. The summed E-state index contributed by atoms with van der Waals surface area (Å²) in [6, 6.07) is 14.6. The third kappa shape index (κ3) is 3.87. The van der Waals surface area contributed by atoms with Crippen LogP contribution in [0.1, 0.15) is 24.0 Å². The maximum atomic E-state index is 13.2.